The Morgan fingerprint density at radius 1 is 1.12 bits per heavy atom. The van der Waals surface area contributed by atoms with Crippen LogP contribution in [0.2, 0.25) is 5.02 Å². The highest BCUT2D eigenvalue weighted by atomic mass is 35.5. The number of methoxy groups -OCH3 is 1. The highest BCUT2D eigenvalue weighted by Crippen LogP contribution is 2.29. The molecule has 5 rings (SSSR count). The number of rotatable bonds is 5. The van der Waals surface area contributed by atoms with E-state index in [-0.39, 0.29) is 28.5 Å². The van der Waals surface area contributed by atoms with Gasteiger partial charge in [0.1, 0.15) is 11.3 Å². The number of benzene rings is 2. The van der Waals surface area contributed by atoms with Crippen LogP contribution in [0.3, 0.4) is 0 Å². The van der Waals surface area contributed by atoms with E-state index in [2.05, 4.69) is 20.7 Å². The molecule has 1 amide bonds. The molecule has 3 heterocycles. The average Bonchev–Trinajstić information content (AvgIpc) is 3.20. The van der Waals surface area contributed by atoms with Crippen molar-refractivity contribution in [2.24, 2.45) is 0 Å². The molecule has 34 heavy (non-hydrogen) atoms. The van der Waals surface area contributed by atoms with Gasteiger partial charge >= 0.3 is 0 Å². The quantitative estimate of drug-likeness (QED) is 0.415. The van der Waals surface area contributed by atoms with Gasteiger partial charge in [-0.25, -0.2) is 13.6 Å². The molecule has 0 aliphatic heterocycles. The van der Waals surface area contributed by atoms with Crippen LogP contribution in [0.1, 0.15) is 16.1 Å². The topological polar surface area (TPSA) is 103 Å². The Hall–Kier alpha value is -4.15. The number of hydrogen-bond acceptors (Lipinski definition) is 6. The van der Waals surface area contributed by atoms with E-state index in [1.807, 2.05) is 0 Å². The van der Waals surface area contributed by atoms with Gasteiger partial charge in [-0.15, -0.1) is 10.2 Å². The van der Waals surface area contributed by atoms with Crippen molar-refractivity contribution in [3.63, 3.8) is 0 Å². The lowest BCUT2D eigenvalue weighted by Gasteiger charge is -2.10. The van der Waals surface area contributed by atoms with Gasteiger partial charge in [-0.3, -0.25) is 15.0 Å². The van der Waals surface area contributed by atoms with Crippen LogP contribution < -0.4 is 11.0 Å². The Bertz CT molecular complexity index is 1610. The van der Waals surface area contributed by atoms with Crippen molar-refractivity contribution in [3.8, 4) is 11.1 Å². The SMILES string of the molecule is COCc1nn2c(nnc3c(=O)n(NC(=O)c4ccccc4Cl)ccc32)c1-c1ccc(F)cc1. The zero-order chi connectivity index (χ0) is 23.8. The van der Waals surface area contributed by atoms with Crippen LogP contribution in [0.4, 0.5) is 4.39 Å². The second kappa shape index (κ2) is 8.65. The first-order valence-corrected chi connectivity index (χ1v) is 10.5. The van der Waals surface area contributed by atoms with Crippen molar-refractivity contribution < 1.29 is 13.9 Å². The molecule has 2 aromatic carbocycles. The molecule has 5 aromatic rings. The van der Waals surface area contributed by atoms with Crippen molar-refractivity contribution in [1.29, 1.82) is 0 Å². The van der Waals surface area contributed by atoms with Crippen LogP contribution in [-0.4, -0.2) is 37.5 Å². The van der Waals surface area contributed by atoms with E-state index in [0.717, 1.165) is 4.68 Å². The summed E-state index contributed by atoms with van der Waals surface area (Å²) < 4.78 is 21.2. The number of carbonyl (C=O) groups is 1. The normalized spacial score (nSPS) is 11.3. The molecule has 0 fully saturated rings. The third-order valence-corrected chi connectivity index (χ3v) is 5.54. The van der Waals surface area contributed by atoms with Crippen LogP contribution in [0.25, 0.3) is 27.8 Å². The average molecular weight is 479 g/mol. The van der Waals surface area contributed by atoms with E-state index in [1.54, 1.807) is 42.5 Å². The minimum atomic E-state index is -0.598. The second-order valence-corrected chi connectivity index (χ2v) is 7.75. The van der Waals surface area contributed by atoms with Crippen molar-refractivity contribution >= 4 is 34.2 Å². The number of nitrogens with zero attached hydrogens (tertiary/aromatic N) is 5. The Morgan fingerprint density at radius 2 is 1.88 bits per heavy atom. The van der Waals surface area contributed by atoms with Gasteiger partial charge in [-0.05, 0) is 35.9 Å². The van der Waals surface area contributed by atoms with Gasteiger partial charge in [0.15, 0.2) is 11.2 Å². The van der Waals surface area contributed by atoms with Gasteiger partial charge in [-0.1, -0.05) is 35.9 Å². The number of ether oxygens (including phenoxy) is 1. The fraction of sp³-hybridized carbons (Fsp3) is 0.0870. The van der Waals surface area contributed by atoms with E-state index in [9.17, 15) is 14.0 Å². The molecule has 0 atom stereocenters. The third-order valence-electron chi connectivity index (χ3n) is 5.21. The summed E-state index contributed by atoms with van der Waals surface area (Å²) >= 11 is 6.07. The van der Waals surface area contributed by atoms with Crippen LogP contribution >= 0.6 is 11.6 Å². The van der Waals surface area contributed by atoms with Crippen molar-refractivity contribution in [2.75, 3.05) is 12.5 Å². The Labute approximate surface area is 196 Å². The molecule has 1 N–H and O–H groups in total. The minimum absolute atomic E-state index is 0.00779. The number of halogens is 2. The molecule has 0 spiro atoms. The smallest absolute Gasteiger partial charge is 0.299 e. The highest BCUT2D eigenvalue weighted by molar-refractivity contribution is 6.34. The minimum Gasteiger partial charge on any atom is -0.378 e. The van der Waals surface area contributed by atoms with Gasteiger partial charge in [-0.2, -0.15) is 5.10 Å². The summed E-state index contributed by atoms with van der Waals surface area (Å²) in [6.07, 6.45) is 1.40. The van der Waals surface area contributed by atoms with E-state index < -0.39 is 11.5 Å². The summed E-state index contributed by atoms with van der Waals surface area (Å²) in [4.78, 5) is 25.6. The molecule has 0 saturated heterocycles. The Kier molecular flexibility index (Phi) is 5.52. The predicted octanol–water partition coefficient (Wildman–Crippen LogP) is 3.43. The van der Waals surface area contributed by atoms with E-state index in [1.165, 1.54) is 30.0 Å². The lowest BCUT2D eigenvalue weighted by Crippen LogP contribution is -2.33. The number of pyridine rings is 1. The molecule has 9 nitrogen and oxygen atoms in total. The van der Waals surface area contributed by atoms with E-state index in [0.29, 0.717) is 28.0 Å². The number of nitrogens with one attached hydrogen (secondary N) is 1. The zero-order valence-electron chi connectivity index (χ0n) is 17.7. The van der Waals surface area contributed by atoms with Crippen LogP contribution in [-0.2, 0) is 11.3 Å². The number of hydrogen-bond donors (Lipinski definition) is 1. The molecule has 0 bridgehead atoms. The lowest BCUT2D eigenvalue weighted by atomic mass is 10.1. The first-order chi connectivity index (χ1) is 16.5. The summed E-state index contributed by atoms with van der Waals surface area (Å²) in [5.41, 5.74) is 4.72. The van der Waals surface area contributed by atoms with Gasteiger partial charge < -0.3 is 4.74 Å². The summed E-state index contributed by atoms with van der Waals surface area (Å²) in [5.74, 6) is -0.925. The van der Waals surface area contributed by atoms with Crippen molar-refractivity contribution in [1.82, 2.24) is 24.5 Å². The molecular weight excluding hydrogens is 463 g/mol. The maximum Gasteiger partial charge on any atom is 0.299 e. The van der Waals surface area contributed by atoms with E-state index in [4.69, 9.17) is 16.3 Å². The molecule has 11 heteroatoms. The largest absolute Gasteiger partial charge is 0.378 e. The van der Waals surface area contributed by atoms with Gasteiger partial charge in [0, 0.05) is 13.3 Å². The maximum atomic E-state index is 13.5. The molecular formula is C23H16ClFN6O3. The molecule has 3 aromatic heterocycles. The van der Waals surface area contributed by atoms with Crippen LogP contribution in [0, 0.1) is 5.82 Å². The van der Waals surface area contributed by atoms with Crippen molar-refractivity contribution in [3.05, 3.63) is 93.2 Å². The molecule has 0 saturated carbocycles. The monoisotopic (exact) mass is 478 g/mol. The number of fused-ring (bicyclic) bond motifs is 3. The highest BCUT2D eigenvalue weighted by Gasteiger charge is 2.20. The summed E-state index contributed by atoms with van der Waals surface area (Å²) in [6.45, 7) is 0.169. The third kappa shape index (κ3) is 3.68. The fourth-order valence-electron chi connectivity index (χ4n) is 3.64. The summed E-state index contributed by atoms with van der Waals surface area (Å²) in [6, 6.07) is 14.0. The lowest BCUT2D eigenvalue weighted by molar-refractivity contribution is 0.101. The van der Waals surface area contributed by atoms with Gasteiger partial charge in [0.25, 0.3) is 11.5 Å². The standard InChI is InChI=1S/C23H16ClFN6O3/c1-34-12-17-19(13-6-8-14(25)9-7-13)21-27-26-20-18(31(21)28-17)10-11-30(23(20)33)29-22(32)15-4-2-3-5-16(15)24/h2-11H,12H2,1H3,(H,29,32). The van der Waals surface area contributed by atoms with E-state index >= 15 is 0 Å². The Morgan fingerprint density at radius 3 is 2.62 bits per heavy atom. The molecule has 0 unspecified atom stereocenters. The van der Waals surface area contributed by atoms with Gasteiger partial charge in [0.2, 0.25) is 0 Å². The second-order valence-electron chi connectivity index (χ2n) is 7.34. The number of aromatic nitrogens is 5. The van der Waals surface area contributed by atoms with Crippen LogP contribution in [0.5, 0.6) is 0 Å². The summed E-state index contributed by atoms with van der Waals surface area (Å²) in [5, 5.41) is 13.1. The predicted molar refractivity (Wildman–Crippen MR) is 124 cm³/mol. The zero-order valence-corrected chi connectivity index (χ0v) is 18.5. The Balaban J connectivity index is 1.63. The molecule has 0 aliphatic rings. The summed E-state index contributed by atoms with van der Waals surface area (Å²) in [7, 11) is 1.53. The van der Waals surface area contributed by atoms with Crippen molar-refractivity contribution in [2.45, 2.75) is 6.61 Å². The molecule has 0 aliphatic carbocycles. The first kappa shape index (κ1) is 21.7. The number of carbonyl (C=O) groups excluding carboxylic acids is 1. The molecule has 0 radical (unpaired) electrons. The maximum absolute atomic E-state index is 13.5. The fourth-order valence-corrected chi connectivity index (χ4v) is 3.87. The first-order valence-electron chi connectivity index (χ1n) is 10.1. The molecule has 170 valence electrons. The van der Waals surface area contributed by atoms with Gasteiger partial charge in [0.05, 0.1) is 28.5 Å². The van der Waals surface area contributed by atoms with Crippen LogP contribution in [0.15, 0.2) is 65.6 Å². The number of amides is 1.